The molecule has 1 fully saturated rings. The molecular formula is C10H15Cl. The Morgan fingerprint density at radius 3 is 2.73 bits per heavy atom. The van der Waals surface area contributed by atoms with Crippen molar-refractivity contribution in [3.05, 3.63) is 11.6 Å². The highest BCUT2D eigenvalue weighted by Gasteiger charge is 2.44. The van der Waals surface area contributed by atoms with E-state index in [1.165, 1.54) is 18.4 Å². The maximum atomic E-state index is 5.83. The number of fused-ring (bicyclic) bond motifs is 2. The third-order valence-electron chi connectivity index (χ3n) is 3.41. The first-order valence-corrected chi connectivity index (χ1v) is 4.93. The van der Waals surface area contributed by atoms with Crippen LogP contribution >= 0.6 is 11.6 Å². The van der Waals surface area contributed by atoms with Crippen molar-refractivity contribution < 1.29 is 0 Å². The topological polar surface area (TPSA) is 0 Å². The Labute approximate surface area is 73.6 Å². The van der Waals surface area contributed by atoms with Crippen LogP contribution in [-0.4, -0.2) is 5.88 Å². The zero-order chi connectivity index (χ0) is 8.06. The van der Waals surface area contributed by atoms with Crippen LogP contribution < -0.4 is 0 Å². The van der Waals surface area contributed by atoms with E-state index in [9.17, 15) is 0 Å². The molecule has 2 atom stereocenters. The van der Waals surface area contributed by atoms with Crippen LogP contribution in [0, 0.1) is 17.3 Å². The second-order valence-electron chi connectivity index (χ2n) is 4.61. The molecule has 0 saturated heterocycles. The quantitative estimate of drug-likeness (QED) is 0.419. The van der Waals surface area contributed by atoms with E-state index in [1.54, 1.807) is 0 Å². The zero-order valence-electron chi connectivity index (χ0n) is 7.23. The normalized spacial score (nSPS) is 39.4. The minimum absolute atomic E-state index is 0.556. The van der Waals surface area contributed by atoms with Crippen LogP contribution in [-0.2, 0) is 0 Å². The summed E-state index contributed by atoms with van der Waals surface area (Å²) in [6, 6.07) is 0. The van der Waals surface area contributed by atoms with Crippen molar-refractivity contribution in [2.75, 3.05) is 5.88 Å². The molecule has 0 aromatic carbocycles. The zero-order valence-corrected chi connectivity index (χ0v) is 7.99. The van der Waals surface area contributed by atoms with Crippen molar-refractivity contribution in [1.29, 1.82) is 0 Å². The van der Waals surface area contributed by atoms with Crippen molar-refractivity contribution in [2.45, 2.75) is 26.7 Å². The third kappa shape index (κ3) is 1.03. The Balaban J connectivity index is 2.23. The number of alkyl halides is 1. The molecule has 2 bridgehead atoms. The summed E-state index contributed by atoms with van der Waals surface area (Å²) in [6.07, 6.45) is 5.15. The van der Waals surface area contributed by atoms with Crippen LogP contribution in [0.3, 0.4) is 0 Å². The minimum atomic E-state index is 0.556. The maximum absolute atomic E-state index is 5.83. The highest BCUT2D eigenvalue weighted by molar-refractivity contribution is 6.19. The molecule has 0 amide bonds. The summed E-state index contributed by atoms with van der Waals surface area (Å²) in [5.74, 6) is 2.41. The lowest BCUT2D eigenvalue weighted by Crippen LogP contribution is -2.18. The van der Waals surface area contributed by atoms with Gasteiger partial charge in [-0.2, -0.15) is 0 Å². The summed E-state index contributed by atoms with van der Waals surface area (Å²) in [5.41, 5.74) is 2.07. The Morgan fingerprint density at radius 2 is 2.36 bits per heavy atom. The minimum Gasteiger partial charge on any atom is -0.122 e. The Bertz CT molecular complexity index is 203. The second kappa shape index (κ2) is 2.26. The molecule has 62 valence electrons. The molecule has 2 aliphatic carbocycles. The second-order valence-corrected chi connectivity index (χ2v) is 4.87. The Kier molecular flexibility index (Phi) is 1.57. The van der Waals surface area contributed by atoms with Gasteiger partial charge in [0.25, 0.3) is 0 Å². The molecule has 1 heteroatoms. The molecule has 0 aromatic rings. The van der Waals surface area contributed by atoms with Crippen molar-refractivity contribution in [3.8, 4) is 0 Å². The van der Waals surface area contributed by atoms with Crippen LogP contribution in [0.4, 0.5) is 0 Å². The number of hydrogen-bond acceptors (Lipinski definition) is 0. The highest BCUT2D eigenvalue weighted by atomic mass is 35.5. The van der Waals surface area contributed by atoms with Gasteiger partial charge < -0.3 is 0 Å². The van der Waals surface area contributed by atoms with E-state index in [-0.39, 0.29) is 0 Å². The summed E-state index contributed by atoms with van der Waals surface area (Å²) >= 11 is 5.83. The molecule has 2 aliphatic rings. The van der Waals surface area contributed by atoms with Gasteiger partial charge in [0, 0.05) is 5.88 Å². The Morgan fingerprint density at radius 1 is 1.64 bits per heavy atom. The summed E-state index contributed by atoms with van der Waals surface area (Å²) in [7, 11) is 0. The fraction of sp³-hybridized carbons (Fsp3) is 0.800. The maximum Gasteiger partial charge on any atom is 0.0436 e. The van der Waals surface area contributed by atoms with Crippen molar-refractivity contribution in [1.82, 2.24) is 0 Å². The van der Waals surface area contributed by atoms with Gasteiger partial charge in [-0.25, -0.2) is 0 Å². The van der Waals surface area contributed by atoms with Crippen LogP contribution in [0.2, 0.25) is 0 Å². The van der Waals surface area contributed by atoms with Gasteiger partial charge >= 0.3 is 0 Å². The smallest absolute Gasteiger partial charge is 0.0436 e. The van der Waals surface area contributed by atoms with E-state index in [2.05, 4.69) is 19.9 Å². The molecule has 0 heterocycles. The van der Waals surface area contributed by atoms with Gasteiger partial charge in [0.15, 0.2) is 0 Å². The van der Waals surface area contributed by atoms with Crippen molar-refractivity contribution in [2.24, 2.45) is 17.3 Å². The molecule has 1 saturated carbocycles. The molecule has 0 N–H and O–H groups in total. The van der Waals surface area contributed by atoms with Crippen LogP contribution in [0.15, 0.2) is 11.6 Å². The van der Waals surface area contributed by atoms with Gasteiger partial charge in [-0.15, -0.1) is 11.6 Å². The van der Waals surface area contributed by atoms with Gasteiger partial charge in [-0.3, -0.25) is 0 Å². The Hall–Kier alpha value is 0.0300. The largest absolute Gasteiger partial charge is 0.122 e. The highest BCUT2D eigenvalue weighted by Crippen LogP contribution is 2.54. The average molecular weight is 171 g/mol. The van der Waals surface area contributed by atoms with Gasteiger partial charge in [0.2, 0.25) is 0 Å². The lowest BCUT2D eigenvalue weighted by Gasteiger charge is -2.27. The van der Waals surface area contributed by atoms with Crippen LogP contribution in [0.25, 0.3) is 0 Å². The van der Waals surface area contributed by atoms with Gasteiger partial charge in [0.05, 0.1) is 0 Å². The molecule has 0 aliphatic heterocycles. The van der Waals surface area contributed by atoms with Crippen LogP contribution in [0.1, 0.15) is 26.7 Å². The average Bonchev–Trinajstić information content (AvgIpc) is 2.41. The lowest BCUT2D eigenvalue weighted by molar-refractivity contribution is 0.296. The predicted octanol–water partition coefficient (Wildman–Crippen LogP) is 3.22. The first-order valence-electron chi connectivity index (χ1n) is 4.40. The van der Waals surface area contributed by atoms with E-state index in [1.807, 2.05) is 0 Å². The van der Waals surface area contributed by atoms with E-state index in [4.69, 9.17) is 11.6 Å². The first-order chi connectivity index (χ1) is 5.13. The summed E-state index contributed by atoms with van der Waals surface area (Å²) in [5, 5.41) is 0. The first kappa shape index (κ1) is 7.67. The number of rotatable bonds is 1. The van der Waals surface area contributed by atoms with Crippen molar-refractivity contribution in [3.63, 3.8) is 0 Å². The molecule has 0 nitrogen and oxygen atoms in total. The predicted molar refractivity (Wildman–Crippen MR) is 48.8 cm³/mol. The fourth-order valence-corrected chi connectivity index (χ4v) is 2.93. The molecular weight excluding hydrogens is 156 g/mol. The molecule has 11 heavy (non-hydrogen) atoms. The van der Waals surface area contributed by atoms with Crippen LogP contribution in [0.5, 0.6) is 0 Å². The summed E-state index contributed by atoms with van der Waals surface area (Å²) in [6.45, 7) is 4.75. The van der Waals surface area contributed by atoms with Gasteiger partial charge in [-0.1, -0.05) is 25.5 Å². The standard InChI is InChI=1S/C10H15Cl/c1-10(2)5-7-3-9(10)4-8(7)6-11/h4,7,9H,3,5-6H2,1-2H3. The monoisotopic (exact) mass is 170 g/mol. The van der Waals surface area contributed by atoms with Gasteiger partial charge in [0.1, 0.15) is 0 Å². The fourth-order valence-electron chi connectivity index (χ4n) is 2.62. The molecule has 2 unspecified atom stereocenters. The van der Waals surface area contributed by atoms with E-state index >= 15 is 0 Å². The van der Waals surface area contributed by atoms with Gasteiger partial charge in [-0.05, 0) is 30.1 Å². The number of halogens is 1. The lowest BCUT2D eigenvalue weighted by atomic mass is 9.78. The third-order valence-corrected chi connectivity index (χ3v) is 3.72. The van der Waals surface area contributed by atoms with E-state index < -0.39 is 0 Å². The number of hydrogen-bond donors (Lipinski definition) is 0. The van der Waals surface area contributed by atoms with E-state index in [0.29, 0.717) is 5.41 Å². The molecule has 2 rings (SSSR count). The number of allylic oxidation sites excluding steroid dienone is 2. The SMILES string of the molecule is CC1(C)CC2CC1C=C2CCl. The molecule has 0 spiro atoms. The summed E-state index contributed by atoms with van der Waals surface area (Å²) in [4.78, 5) is 0. The molecule has 0 radical (unpaired) electrons. The summed E-state index contributed by atoms with van der Waals surface area (Å²) < 4.78 is 0. The van der Waals surface area contributed by atoms with Crippen molar-refractivity contribution >= 4 is 11.6 Å². The molecule has 0 aromatic heterocycles. The van der Waals surface area contributed by atoms with E-state index in [0.717, 1.165) is 17.7 Å².